The van der Waals surface area contributed by atoms with Crippen LogP contribution in [0.5, 0.6) is 0 Å². The van der Waals surface area contributed by atoms with Crippen molar-refractivity contribution in [2.24, 2.45) is 0 Å². The Morgan fingerprint density at radius 3 is 2.60 bits per heavy atom. The van der Waals surface area contributed by atoms with Crippen LogP contribution in [0.4, 0.5) is 10.1 Å². The first-order valence-corrected chi connectivity index (χ1v) is 5.19. The smallest absolute Gasteiger partial charge is 0.146 e. The largest absolute Gasteiger partial charge is 0.390 e. The number of hydrogen-bond acceptors (Lipinski definition) is 2. The van der Waals surface area contributed by atoms with Gasteiger partial charge >= 0.3 is 0 Å². The fraction of sp³-hybridized carbons (Fsp3) is 0.500. The van der Waals surface area contributed by atoms with Gasteiger partial charge in [-0.2, -0.15) is 0 Å². The van der Waals surface area contributed by atoms with E-state index in [1.807, 2.05) is 20.2 Å². The zero-order valence-corrected chi connectivity index (χ0v) is 9.13. The van der Waals surface area contributed by atoms with E-state index in [9.17, 15) is 9.50 Å². The molecule has 0 unspecified atom stereocenters. The highest BCUT2D eigenvalue weighted by atomic mass is 19.1. The molecule has 0 heterocycles. The number of rotatable bonds is 3. The molecule has 1 saturated carbocycles. The maximum absolute atomic E-state index is 13.6. The molecular formula is C12H16FNO. The Morgan fingerprint density at radius 1 is 1.40 bits per heavy atom. The second-order valence-electron chi connectivity index (χ2n) is 4.54. The molecule has 0 aromatic heterocycles. The van der Waals surface area contributed by atoms with Crippen LogP contribution in [-0.4, -0.2) is 24.8 Å². The minimum absolute atomic E-state index is 0.221. The summed E-state index contributed by atoms with van der Waals surface area (Å²) in [6, 6.07) is 5.04. The van der Waals surface area contributed by atoms with E-state index in [4.69, 9.17) is 0 Å². The standard InChI is InChI=1S/C12H16FNO/c1-14(2)11-9(4-3-5-10(11)13)8-12(15)6-7-12/h3-5,15H,6-8H2,1-2H3. The molecule has 15 heavy (non-hydrogen) atoms. The summed E-state index contributed by atoms with van der Waals surface area (Å²) in [4.78, 5) is 1.76. The Balaban J connectivity index is 2.32. The molecule has 0 atom stereocenters. The first kappa shape index (κ1) is 10.4. The van der Waals surface area contributed by atoms with Crippen molar-refractivity contribution in [3.05, 3.63) is 29.6 Å². The van der Waals surface area contributed by atoms with Crippen LogP contribution in [0, 0.1) is 5.82 Å². The zero-order chi connectivity index (χ0) is 11.1. The molecule has 0 spiro atoms. The van der Waals surface area contributed by atoms with Crippen LogP contribution in [-0.2, 0) is 6.42 Å². The molecule has 2 rings (SSSR count). The lowest BCUT2D eigenvalue weighted by Gasteiger charge is -2.19. The molecule has 1 fully saturated rings. The van der Waals surface area contributed by atoms with Gasteiger partial charge in [-0.25, -0.2) is 4.39 Å². The molecule has 1 aromatic rings. The Hall–Kier alpha value is -1.09. The van der Waals surface area contributed by atoms with E-state index in [-0.39, 0.29) is 5.82 Å². The summed E-state index contributed by atoms with van der Waals surface area (Å²) in [6.07, 6.45) is 2.21. The molecular weight excluding hydrogens is 193 g/mol. The maximum atomic E-state index is 13.6. The Kier molecular flexibility index (Phi) is 2.43. The van der Waals surface area contributed by atoms with Crippen molar-refractivity contribution < 1.29 is 9.50 Å². The van der Waals surface area contributed by atoms with Crippen LogP contribution in [0.3, 0.4) is 0 Å². The van der Waals surface area contributed by atoms with E-state index < -0.39 is 5.60 Å². The lowest BCUT2D eigenvalue weighted by molar-refractivity contribution is 0.151. The lowest BCUT2D eigenvalue weighted by Crippen LogP contribution is -2.17. The van der Waals surface area contributed by atoms with Crippen LogP contribution in [0.15, 0.2) is 18.2 Å². The number of para-hydroxylation sites is 1. The van der Waals surface area contributed by atoms with E-state index in [1.54, 1.807) is 11.0 Å². The quantitative estimate of drug-likeness (QED) is 0.822. The van der Waals surface area contributed by atoms with Crippen molar-refractivity contribution in [2.75, 3.05) is 19.0 Å². The van der Waals surface area contributed by atoms with E-state index in [2.05, 4.69) is 0 Å². The van der Waals surface area contributed by atoms with Crippen LogP contribution in [0.1, 0.15) is 18.4 Å². The highest BCUT2D eigenvalue weighted by molar-refractivity contribution is 5.54. The molecule has 0 saturated heterocycles. The Bertz CT molecular complexity index is 372. The second-order valence-corrected chi connectivity index (χ2v) is 4.54. The molecule has 1 aliphatic carbocycles. The second kappa shape index (κ2) is 3.49. The minimum atomic E-state index is -0.571. The Morgan fingerprint density at radius 2 is 2.07 bits per heavy atom. The van der Waals surface area contributed by atoms with Crippen molar-refractivity contribution in [2.45, 2.75) is 24.9 Å². The van der Waals surface area contributed by atoms with Crippen LogP contribution >= 0.6 is 0 Å². The number of benzene rings is 1. The third kappa shape index (κ3) is 2.12. The van der Waals surface area contributed by atoms with E-state index in [0.717, 1.165) is 18.4 Å². The molecule has 0 radical (unpaired) electrons. The number of hydrogen-bond donors (Lipinski definition) is 1. The highest BCUT2D eigenvalue weighted by Gasteiger charge is 2.40. The number of anilines is 1. The van der Waals surface area contributed by atoms with Crippen LogP contribution in [0.2, 0.25) is 0 Å². The monoisotopic (exact) mass is 209 g/mol. The van der Waals surface area contributed by atoms with Crippen LogP contribution in [0.25, 0.3) is 0 Å². The number of nitrogens with zero attached hydrogens (tertiary/aromatic N) is 1. The van der Waals surface area contributed by atoms with Gasteiger partial charge in [0.25, 0.3) is 0 Å². The predicted octanol–water partition coefficient (Wildman–Crippen LogP) is 1.96. The predicted molar refractivity (Wildman–Crippen MR) is 58.6 cm³/mol. The summed E-state index contributed by atoms with van der Waals surface area (Å²) < 4.78 is 13.6. The number of aliphatic hydroxyl groups is 1. The fourth-order valence-electron chi connectivity index (χ4n) is 1.88. The van der Waals surface area contributed by atoms with Crippen molar-refractivity contribution >= 4 is 5.69 Å². The third-order valence-corrected chi connectivity index (χ3v) is 2.86. The first-order chi connectivity index (χ1) is 7.02. The van der Waals surface area contributed by atoms with Gasteiger partial charge in [0.05, 0.1) is 11.3 Å². The summed E-state index contributed by atoms with van der Waals surface area (Å²) in [5.41, 5.74) is 0.913. The van der Waals surface area contributed by atoms with Crippen molar-refractivity contribution in [1.29, 1.82) is 0 Å². The average Bonchev–Trinajstić information content (AvgIpc) is 2.82. The third-order valence-electron chi connectivity index (χ3n) is 2.86. The lowest BCUT2D eigenvalue weighted by atomic mass is 10.0. The molecule has 3 heteroatoms. The molecule has 0 bridgehead atoms. The Labute approximate surface area is 89.3 Å². The van der Waals surface area contributed by atoms with E-state index in [0.29, 0.717) is 12.1 Å². The molecule has 0 amide bonds. The van der Waals surface area contributed by atoms with Crippen molar-refractivity contribution in [1.82, 2.24) is 0 Å². The van der Waals surface area contributed by atoms with Gasteiger partial charge in [0.15, 0.2) is 0 Å². The highest BCUT2D eigenvalue weighted by Crippen LogP contribution is 2.40. The topological polar surface area (TPSA) is 23.5 Å². The van der Waals surface area contributed by atoms with Gasteiger partial charge in [-0.15, -0.1) is 0 Å². The van der Waals surface area contributed by atoms with Gasteiger partial charge in [-0.3, -0.25) is 0 Å². The maximum Gasteiger partial charge on any atom is 0.146 e. The van der Waals surface area contributed by atoms with Gasteiger partial charge in [0, 0.05) is 20.5 Å². The SMILES string of the molecule is CN(C)c1c(F)cccc1CC1(O)CC1. The summed E-state index contributed by atoms with van der Waals surface area (Å²) in [5, 5.41) is 9.84. The summed E-state index contributed by atoms with van der Waals surface area (Å²) >= 11 is 0. The summed E-state index contributed by atoms with van der Waals surface area (Å²) in [7, 11) is 3.64. The van der Waals surface area contributed by atoms with E-state index in [1.165, 1.54) is 6.07 Å². The van der Waals surface area contributed by atoms with Crippen LogP contribution < -0.4 is 4.90 Å². The molecule has 1 aromatic carbocycles. The van der Waals surface area contributed by atoms with Gasteiger partial charge in [0.1, 0.15) is 5.82 Å². The van der Waals surface area contributed by atoms with Gasteiger partial charge < -0.3 is 10.0 Å². The summed E-state index contributed by atoms with van der Waals surface area (Å²) in [6.45, 7) is 0. The van der Waals surface area contributed by atoms with Crippen molar-refractivity contribution in [3.63, 3.8) is 0 Å². The molecule has 1 aliphatic rings. The molecule has 82 valence electrons. The number of halogens is 1. The zero-order valence-electron chi connectivity index (χ0n) is 9.13. The minimum Gasteiger partial charge on any atom is -0.390 e. The average molecular weight is 209 g/mol. The fourth-order valence-corrected chi connectivity index (χ4v) is 1.88. The molecule has 2 nitrogen and oxygen atoms in total. The summed E-state index contributed by atoms with van der Waals surface area (Å²) in [5.74, 6) is -0.221. The molecule has 1 N–H and O–H groups in total. The normalized spacial score (nSPS) is 17.6. The van der Waals surface area contributed by atoms with Crippen molar-refractivity contribution in [3.8, 4) is 0 Å². The van der Waals surface area contributed by atoms with E-state index >= 15 is 0 Å². The first-order valence-electron chi connectivity index (χ1n) is 5.19. The van der Waals surface area contributed by atoms with Gasteiger partial charge in [-0.05, 0) is 24.5 Å². The van der Waals surface area contributed by atoms with Gasteiger partial charge in [-0.1, -0.05) is 12.1 Å². The molecule has 0 aliphatic heterocycles. The van der Waals surface area contributed by atoms with Gasteiger partial charge in [0.2, 0.25) is 0 Å².